The Bertz CT molecular complexity index is 1220. The number of anilines is 1. The zero-order valence-electron chi connectivity index (χ0n) is 22.2. The molecule has 1 aromatic heterocycles. The Kier molecular flexibility index (Phi) is 8.00. The van der Waals surface area contributed by atoms with E-state index in [0.717, 1.165) is 69.0 Å². The Morgan fingerprint density at radius 2 is 1.76 bits per heavy atom. The smallest absolute Gasteiger partial charge is 0.254 e. The van der Waals surface area contributed by atoms with E-state index in [1.54, 1.807) is 12.1 Å². The SMILES string of the molecule is Cc1cc(C(=O)N2CCCC2)cc(NC(=O)[C@H]2CCC(=O)N2C2CCN(Cc3ccc(Cl)c(C)c3)CC2)n1. The van der Waals surface area contributed by atoms with Crippen LogP contribution in [0.3, 0.4) is 0 Å². The van der Waals surface area contributed by atoms with Crippen molar-refractivity contribution in [1.82, 2.24) is 19.7 Å². The predicted molar refractivity (Wildman–Crippen MR) is 147 cm³/mol. The van der Waals surface area contributed by atoms with Crippen LogP contribution >= 0.6 is 11.6 Å². The minimum Gasteiger partial charge on any atom is -0.339 e. The minimum absolute atomic E-state index is 0.0262. The number of rotatable bonds is 6. The number of nitrogens with one attached hydrogen (secondary N) is 1. The van der Waals surface area contributed by atoms with Gasteiger partial charge in [0.1, 0.15) is 11.9 Å². The van der Waals surface area contributed by atoms with Gasteiger partial charge >= 0.3 is 0 Å². The largest absolute Gasteiger partial charge is 0.339 e. The summed E-state index contributed by atoms with van der Waals surface area (Å²) in [5, 5.41) is 3.69. The maximum atomic E-state index is 13.4. The Labute approximate surface area is 229 Å². The number of likely N-dealkylation sites (tertiary alicyclic amines) is 3. The van der Waals surface area contributed by atoms with Crippen LogP contribution in [0.2, 0.25) is 5.02 Å². The fourth-order valence-corrected chi connectivity index (χ4v) is 6.12. The Balaban J connectivity index is 1.21. The summed E-state index contributed by atoms with van der Waals surface area (Å²) in [5.74, 6) is 0.151. The predicted octanol–water partition coefficient (Wildman–Crippen LogP) is 4.18. The van der Waals surface area contributed by atoms with E-state index in [4.69, 9.17) is 11.6 Å². The van der Waals surface area contributed by atoms with Crippen molar-refractivity contribution in [3.63, 3.8) is 0 Å². The first-order chi connectivity index (χ1) is 18.3. The van der Waals surface area contributed by atoms with Gasteiger partial charge in [0.15, 0.2) is 0 Å². The number of piperidine rings is 1. The van der Waals surface area contributed by atoms with Crippen LogP contribution in [0.5, 0.6) is 0 Å². The number of hydrogen-bond acceptors (Lipinski definition) is 5. The normalized spacial score (nSPS) is 20.8. The number of aromatic nitrogens is 1. The van der Waals surface area contributed by atoms with E-state index < -0.39 is 6.04 Å². The lowest BCUT2D eigenvalue weighted by atomic mass is 10.0. The molecule has 3 fully saturated rings. The average molecular weight is 538 g/mol. The number of halogens is 1. The summed E-state index contributed by atoms with van der Waals surface area (Å²) in [4.78, 5) is 49.6. The van der Waals surface area contributed by atoms with Gasteiger partial charge in [-0.05, 0) is 75.3 Å². The fraction of sp³-hybridized carbons (Fsp3) is 0.517. The number of carbonyl (C=O) groups excluding carboxylic acids is 3. The topological polar surface area (TPSA) is 85.8 Å². The fourth-order valence-electron chi connectivity index (χ4n) is 6.01. The number of pyridine rings is 1. The molecule has 38 heavy (non-hydrogen) atoms. The van der Waals surface area contributed by atoms with Gasteiger partial charge in [-0.25, -0.2) is 4.98 Å². The lowest BCUT2D eigenvalue weighted by Gasteiger charge is -2.39. The zero-order chi connectivity index (χ0) is 26.8. The van der Waals surface area contributed by atoms with Crippen molar-refractivity contribution in [1.29, 1.82) is 0 Å². The molecule has 5 rings (SSSR count). The zero-order valence-corrected chi connectivity index (χ0v) is 23.0. The van der Waals surface area contributed by atoms with Gasteiger partial charge in [-0.1, -0.05) is 23.7 Å². The Morgan fingerprint density at radius 3 is 2.47 bits per heavy atom. The summed E-state index contributed by atoms with van der Waals surface area (Å²) in [5.41, 5.74) is 3.52. The highest BCUT2D eigenvalue weighted by molar-refractivity contribution is 6.31. The van der Waals surface area contributed by atoms with Crippen molar-refractivity contribution in [3.05, 3.63) is 57.7 Å². The van der Waals surface area contributed by atoms with Crippen molar-refractivity contribution in [2.24, 2.45) is 0 Å². The molecule has 0 unspecified atom stereocenters. The number of hydrogen-bond donors (Lipinski definition) is 1. The van der Waals surface area contributed by atoms with Gasteiger partial charge in [-0.3, -0.25) is 19.3 Å². The highest BCUT2D eigenvalue weighted by Gasteiger charge is 2.41. The number of amides is 3. The van der Waals surface area contributed by atoms with Crippen molar-refractivity contribution >= 4 is 35.1 Å². The third-order valence-electron chi connectivity index (χ3n) is 7.98. The van der Waals surface area contributed by atoms with E-state index in [2.05, 4.69) is 27.3 Å². The molecule has 3 aliphatic rings. The average Bonchev–Trinajstić information content (AvgIpc) is 3.56. The molecule has 4 heterocycles. The first kappa shape index (κ1) is 26.6. The van der Waals surface area contributed by atoms with Crippen molar-refractivity contribution in [2.75, 3.05) is 31.5 Å². The molecule has 0 spiro atoms. The van der Waals surface area contributed by atoms with Crippen molar-refractivity contribution < 1.29 is 14.4 Å². The molecule has 9 heteroatoms. The third-order valence-corrected chi connectivity index (χ3v) is 8.41. The second-order valence-electron chi connectivity index (χ2n) is 10.8. The van der Waals surface area contributed by atoms with E-state index in [9.17, 15) is 14.4 Å². The molecule has 1 aromatic carbocycles. The van der Waals surface area contributed by atoms with Gasteiger partial charge in [0, 0.05) is 61.5 Å². The number of carbonyl (C=O) groups is 3. The molecule has 1 N–H and O–H groups in total. The Morgan fingerprint density at radius 1 is 1.03 bits per heavy atom. The first-order valence-corrected chi connectivity index (χ1v) is 14.0. The van der Waals surface area contributed by atoms with E-state index >= 15 is 0 Å². The van der Waals surface area contributed by atoms with Gasteiger partial charge in [0.2, 0.25) is 11.8 Å². The van der Waals surface area contributed by atoms with Gasteiger partial charge in [0.05, 0.1) is 0 Å². The maximum absolute atomic E-state index is 13.4. The summed E-state index contributed by atoms with van der Waals surface area (Å²) in [6.45, 7) is 7.94. The molecule has 1 atom stereocenters. The van der Waals surface area contributed by atoms with Crippen LogP contribution in [-0.2, 0) is 16.1 Å². The van der Waals surface area contributed by atoms with Gasteiger partial charge in [-0.2, -0.15) is 0 Å². The lowest BCUT2D eigenvalue weighted by molar-refractivity contribution is -0.136. The third kappa shape index (κ3) is 5.86. The molecule has 3 amide bonds. The number of aryl methyl sites for hydroxylation is 2. The van der Waals surface area contributed by atoms with Gasteiger partial charge < -0.3 is 15.1 Å². The van der Waals surface area contributed by atoms with Gasteiger partial charge in [0.25, 0.3) is 5.91 Å². The van der Waals surface area contributed by atoms with Crippen molar-refractivity contribution in [3.8, 4) is 0 Å². The maximum Gasteiger partial charge on any atom is 0.254 e. The van der Waals surface area contributed by atoms with Crippen LogP contribution in [0, 0.1) is 13.8 Å². The van der Waals surface area contributed by atoms with Crippen LogP contribution < -0.4 is 5.32 Å². The lowest BCUT2D eigenvalue weighted by Crippen LogP contribution is -2.51. The van der Waals surface area contributed by atoms with Crippen LogP contribution in [0.4, 0.5) is 5.82 Å². The molecule has 3 aliphatic heterocycles. The molecule has 2 aromatic rings. The van der Waals surface area contributed by atoms with E-state index in [1.807, 2.05) is 29.7 Å². The molecular formula is C29H36ClN5O3. The Hall–Kier alpha value is -2.97. The van der Waals surface area contributed by atoms with E-state index in [1.165, 1.54) is 5.56 Å². The summed E-state index contributed by atoms with van der Waals surface area (Å²) in [6, 6.07) is 9.08. The standard InChI is InChI=1S/C29H36ClN5O3/c1-19-15-21(5-6-24(19)30)18-33-13-9-23(10-14-33)35-25(7-8-27(35)36)28(37)32-26-17-22(16-20(2)31-26)29(38)34-11-3-4-12-34/h5-6,15-17,23,25H,3-4,7-14,18H2,1-2H3,(H,31,32,37)/t25-/m1/s1. The quantitative estimate of drug-likeness (QED) is 0.597. The van der Waals surface area contributed by atoms with Crippen LogP contribution in [0.15, 0.2) is 30.3 Å². The first-order valence-electron chi connectivity index (χ1n) is 13.7. The highest BCUT2D eigenvalue weighted by atomic mass is 35.5. The summed E-state index contributed by atoms with van der Waals surface area (Å²) < 4.78 is 0. The second-order valence-corrected chi connectivity index (χ2v) is 11.2. The van der Waals surface area contributed by atoms with E-state index in [-0.39, 0.29) is 23.8 Å². The van der Waals surface area contributed by atoms with Crippen LogP contribution in [-0.4, -0.2) is 75.7 Å². The molecule has 8 nitrogen and oxygen atoms in total. The molecule has 0 saturated carbocycles. The monoisotopic (exact) mass is 537 g/mol. The number of nitrogens with zero attached hydrogens (tertiary/aromatic N) is 4. The summed E-state index contributed by atoms with van der Waals surface area (Å²) >= 11 is 6.17. The molecule has 0 bridgehead atoms. The molecular weight excluding hydrogens is 502 g/mol. The molecule has 0 aliphatic carbocycles. The van der Waals surface area contributed by atoms with Crippen molar-refractivity contribution in [2.45, 2.75) is 71.0 Å². The molecule has 3 saturated heterocycles. The summed E-state index contributed by atoms with van der Waals surface area (Å²) in [7, 11) is 0. The molecule has 0 radical (unpaired) electrons. The van der Waals surface area contributed by atoms with Crippen LogP contribution in [0.1, 0.15) is 65.7 Å². The number of benzene rings is 1. The second kappa shape index (κ2) is 11.4. The summed E-state index contributed by atoms with van der Waals surface area (Å²) in [6.07, 6.45) is 4.58. The highest BCUT2D eigenvalue weighted by Crippen LogP contribution is 2.29. The van der Waals surface area contributed by atoms with Gasteiger partial charge in [-0.15, -0.1) is 0 Å². The van der Waals surface area contributed by atoms with E-state index in [0.29, 0.717) is 29.9 Å². The molecule has 202 valence electrons. The minimum atomic E-state index is -0.516. The van der Waals surface area contributed by atoms with Crippen LogP contribution in [0.25, 0.3) is 0 Å².